The van der Waals surface area contributed by atoms with E-state index in [0.29, 0.717) is 5.95 Å². The highest BCUT2D eigenvalue weighted by atomic mass is 15.3. The van der Waals surface area contributed by atoms with Crippen molar-refractivity contribution in [2.24, 2.45) is 11.8 Å². The average molecular weight is 264 g/mol. The number of nitrogens with zero attached hydrogens (tertiary/aromatic N) is 4. The number of aromatic nitrogens is 2. The van der Waals surface area contributed by atoms with Crippen LogP contribution in [0.1, 0.15) is 18.5 Å². The number of hydrogen-bond acceptors (Lipinski definition) is 6. The molecule has 0 bridgehead atoms. The first-order chi connectivity index (χ1) is 9.17. The molecule has 6 nitrogen and oxygen atoms in total. The Kier molecular flexibility index (Phi) is 5.07. The molecule has 0 saturated carbocycles. The maximum absolute atomic E-state index is 5.32. The number of nitrogens with two attached hydrogens (primary N) is 1. The summed E-state index contributed by atoms with van der Waals surface area (Å²) in [5.74, 6) is 6.64. The predicted molar refractivity (Wildman–Crippen MR) is 76.4 cm³/mol. The van der Waals surface area contributed by atoms with Crippen molar-refractivity contribution in [2.45, 2.75) is 19.4 Å². The van der Waals surface area contributed by atoms with Gasteiger partial charge in [0.2, 0.25) is 5.95 Å². The lowest BCUT2D eigenvalue weighted by molar-refractivity contribution is 0.155. The molecule has 1 saturated heterocycles. The van der Waals surface area contributed by atoms with E-state index in [4.69, 9.17) is 5.84 Å². The largest absolute Gasteiger partial charge is 0.309 e. The average Bonchev–Trinajstić information content (AvgIpc) is 2.41. The first-order valence-electron chi connectivity index (χ1n) is 6.83. The molecule has 6 heteroatoms. The Morgan fingerprint density at radius 1 is 1.42 bits per heavy atom. The molecule has 0 spiro atoms. The van der Waals surface area contributed by atoms with Gasteiger partial charge in [-0.05, 0) is 52.0 Å². The number of hydrazine groups is 1. The van der Waals surface area contributed by atoms with Gasteiger partial charge in [0.15, 0.2) is 0 Å². The molecule has 0 unspecified atom stereocenters. The number of hydrogen-bond donors (Lipinski definition) is 2. The summed E-state index contributed by atoms with van der Waals surface area (Å²) in [6.07, 6.45) is 4.28. The molecule has 0 aromatic carbocycles. The second-order valence-corrected chi connectivity index (χ2v) is 5.50. The maximum atomic E-state index is 5.32. The fourth-order valence-electron chi connectivity index (χ4n) is 2.63. The van der Waals surface area contributed by atoms with Gasteiger partial charge in [0.25, 0.3) is 0 Å². The van der Waals surface area contributed by atoms with Crippen LogP contribution in [0.3, 0.4) is 0 Å². The first-order valence-corrected chi connectivity index (χ1v) is 6.83. The Labute approximate surface area is 115 Å². The summed E-state index contributed by atoms with van der Waals surface area (Å²) in [5.41, 5.74) is 3.51. The van der Waals surface area contributed by atoms with Gasteiger partial charge < -0.3 is 4.90 Å². The van der Waals surface area contributed by atoms with Crippen molar-refractivity contribution in [1.29, 1.82) is 0 Å². The van der Waals surface area contributed by atoms with Gasteiger partial charge in [-0.1, -0.05) is 0 Å². The molecule has 1 aromatic heterocycles. The van der Waals surface area contributed by atoms with Gasteiger partial charge in [-0.15, -0.1) is 0 Å². The molecular formula is C13H24N6. The number of piperidine rings is 1. The van der Waals surface area contributed by atoms with E-state index in [9.17, 15) is 0 Å². The van der Waals surface area contributed by atoms with Crippen LogP contribution in [-0.2, 0) is 6.54 Å². The summed E-state index contributed by atoms with van der Waals surface area (Å²) in [6.45, 7) is 4.37. The minimum Gasteiger partial charge on any atom is -0.309 e. The lowest BCUT2D eigenvalue weighted by atomic mass is 9.96. The zero-order chi connectivity index (χ0) is 13.7. The third kappa shape index (κ3) is 4.41. The molecule has 2 rings (SSSR count). The summed E-state index contributed by atoms with van der Waals surface area (Å²) in [7, 11) is 4.29. The first kappa shape index (κ1) is 14.2. The molecular weight excluding hydrogens is 240 g/mol. The van der Waals surface area contributed by atoms with E-state index >= 15 is 0 Å². The van der Waals surface area contributed by atoms with Gasteiger partial charge in [-0.25, -0.2) is 15.8 Å². The molecule has 0 aliphatic carbocycles. The Balaban J connectivity index is 1.81. The molecule has 0 amide bonds. The second kappa shape index (κ2) is 6.79. The third-order valence-electron chi connectivity index (χ3n) is 3.56. The van der Waals surface area contributed by atoms with Crippen LogP contribution in [0.2, 0.25) is 0 Å². The van der Waals surface area contributed by atoms with Crippen LogP contribution < -0.4 is 11.3 Å². The van der Waals surface area contributed by atoms with E-state index < -0.39 is 0 Å². The zero-order valence-corrected chi connectivity index (χ0v) is 11.8. The molecule has 1 aromatic rings. The topological polar surface area (TPSA) is 70.3 Å². The van der Waals surface area contributed by atoms with Crippen molar-refractivity contribution < 1.29 is 0 Å². The summed E-state index contributed by atoms with van der Waals surface area (Å²) in [5, 5.41) is 0. The molecule has 0 radical (unpaired) electrons. The number of anilines is 1. The van der Waals surface area contributed by atoms with E-state index in [2.05, 4.69) is 39.3 Å². The normalized spacial score (nSPS) is 17.9. The van der Waals surface area contributed by atoms with Gasteiger partial charge in [0.05, 0.1) is 5.69 Å². The summed E-state index contributed by atoms with van der Waals surface area (Å²) < 4.78 is 0. The number of nitrogens with one attached hydrogen (secondary N) is 1. The van der Waals surface area contributed by atoms with Gasteiger partial charge in [-0.3, -0.25) is 10.3 Å². The SMILES string of the molecule is CN(C)CC1CCN(Cc2ccnc(NN)n2)CC1. The van der Waals surface area contributed by atoms with Crippen LogP contribution in [-0.4, -0.2) is 53.5 Å². The molecule has 1 fully saturated rings. The molecule has 2 heterocycles. The van der Waals surface area contributed by atoms with E-state index in [1.165, 1.54) is 19.4 Å². The van der Waals surface area contributed by atoms with Crippen LogP contribution in [0.15, 0.2) is 12.3 Å². The van der Waals surface area contributed by atoms with Gasteiger partial charge in [0, 0.05) is 19.3 Å². The van der Waals surface area contributed by atoms with E-state index in [1.54, 1.807) is 6.20 Å². The maximum Gasteiger partial charge on any atom is 0.237 e. The lowest BCUT2D eigenvalue weighted by Crippen LogP contribution is -2.36. The fraction of sp³-hybridized carbons (Fsp3) is 0.692. The minimum absolute atomic E-state index is 0.486. The van der Waals surface area contributed by atoms with Crippen LogP contribution in [0.25, 0.3) is 0 Å². The standard InChI is InChI=1S/C13H24N6/c1-18(2)9-11-4-7-19(8-5-11)10-12-3-6-15-13(16-12)17-14/h3,6,11H,4-5,7-10,14H2,1-2H3,(H,15,16,17). The van der Waals surface area contributed by atoms with Crippen LogP contribution in [0.5, 0.6) is 0 Å². The van der Waals surface area contributed by atoms with Crippen LogP contribution in [0, 0.1) is 5.92 Å². The quantitative estimate of drug-likeness (QED) is 0.597. The number of nitrogen functional groups attached to an aromatic ring is 1. The van der Waals surface area contributed by atoms with Gasteiger partial charge in [0.1, 0.15) is 0 Å². The molecule has 1 aliphatic rings. The smallest absolute Gasteiger partial charge is 0.237 e. The number of rotatable bonds is 5. The summed E-state index contributed by atoms with van der Waals surface area (Å²) in [4.78, 5) is 13.1. The van der Waals surface area contributed by atoms with Crippen LogP contribution in [0.4, 0.5) is 5.95 Å². The molecule has 1 aliphatic heterocycles. The summed E-state index contributed by atoms with van der Waals surface area (Å²) in [6, 6.07) is 1.95. The Hall–Kier alpha value is -1.24. The Bertz CT molecular complexity index is 386. The van der Waals surface area contributed by atoms with E-state index in [0.717, 1.165) is 31.2 Å². The monoisotopic (exact) mass is 264 g/mol. The fourth-order valence-corrected chi connectivity index (χ4v) is 2.63. The van der Waals surface area contributed by atoms with Crippen LogP contribution >= 0.6 is 0 Å². The van der Waals surface area contributed by atoms with Crippen molar-refractivity contribution >= 4 is 5.95 Å². The molecule has 19 heavy (non-hydrogen) atoms. The Morgan fingerprint density at radius 3 is 2.79 bits per heavy atom. The third-order valence-corrected chi connectivity index (χ3v) is 3.56. The summed E-state index contributed by atoms with van der Waals surface area (Å²) >= 11 is 0. The van der Waals surface area contributed by atoms with Crippen molar-refractivity contribution in [1.82, 2.24) is 19.8 Å². The second-order valence-electron chi connectivity index (χ2n) is 5.50. The zero-order valence-electron chi connectivity index (χ0n) is 11.8. The highest BCUT2D eigenvalue weighted by molar-refractivity contribution is 5.22. The lowest BCUT2D eigenvalue weighted by Gasteiger charge is -2.32. The minimum atomic E-state index is 0.486. The molecule has 0 atom stereocenters. The highest BCUT2D eigenvalue weighted by Crippen LogP contribution is 2.19. The van der Waals surface area contributed by atoms with E-state index in [-0.39, 0.29) is 0 Å². The molecule has 3 N–H and O–H groups in total. The molecule has 106 valence electrons. The number of likely N-dealkylation sites (tertiary alicyclic amines) is 1. The van der Waals surface area contributed by atoms with Crippen molar-refractivity contribution in [3.8, 4) is 0 Å². The van der Waals surface area contributed by atoms with Crippen molar-refractivity contribution in [3.05, 3.63) is 18.0 Å². The van der Waals surface area contributed by atoms with E-state index in [1.807, 2.05) is 6.07 Å². The van der Waals surface area contributed by atoms with Gasteiger partial charge >= 0.3 is 0 Å². The van der Waals surface area contributed by atoms with Crippen molar-refractivity contribution in [2.75, 3.05) is 39.2 Å². The predicted octanol–water partition coefficient (Wildman–Crippen LogP) is 0.536. The van der Waals surface area contributed by atoms with Crippen molar-refractivity contribution in [3.63, 3.8) is 0 Å². The highest BCUT2D eigenvalue weighted by Gasteiger charge is 2.19. The van der Waals surface area contributed by atoms with Gasteiger partial charge in [-0.2, -0.15) is 0 Å². The Morgan fingerprint density at radius 2 is 2.16 bits per heavy atom.